The van der Waals surface area contributed by atoms with Crippen LogP contribution in [-0.4, -0.2) is 45.2 Å². The fraction of sp³-hybridized carbons (Fsp3) is 0.294. The Morgan fingerprint density at radius 1 is 1.21 bits per heavy atom. The topological polar surface area (TPSA) is 95.9 Å². The van der Waals surface area contributed by atoms with Crippen LogP contribution in [0, 0.1) is 6.92 Å². The van der Waals surface area contributed by atoms with Gasteiger partial charge < -0.3 is 9.84 Å². The van der Waals surface area contributed by atoms with Crippen molar-refractivity contribution in [1.29, 1.82) is 0 Å². The summed E-state index contributed by atoms with van der Waals surface area (Å²) in [5.41, 5.74) is -0.356. The van der Waals surface area contributed by atoms with Crippen LogP contribution >= 0.6 is 0 Å². The van der Waals surface area contributed by atoms with Gasteiger partial charge in [-0.1, -0.05) is 12.1 Å². The quantitative estimate of drug-likeness (QED) is 0.778. The number of carbonyl (C=O) groups is 2. The van der Waals surface area contributed by atoms with Crippen LogP contribution in [0.3, 0.4) is 0 Å². The lowest BCUT2D eigenvalue weighted by atomic mass is 10.0. The summed E-state index contributed by atoms with van der Waals surface area (Å²) >= 11 is 0. The number of aliphatic hydroxyl groups excluding tert-OH is 1. The molecule has 1 N–H and O–H groups in total. The molecule has 1 fully saturated rings. The summed E-state index contributed by atoms with van der Waals surface area (Å²) in [7, 11) is 0. The minimum Gasteiger partial charge on any atom is -0.486 e. The van der Waals surface area contributed by atoms with Gasteiger partial charge in [0.1, 0.15) is 19.9 Å². The van der Waals surface area contributed by atoms with E-state index in [2.05, 4.69) is 9.97 Å². The summed E-state index contributed by atoms with van der Waals surface area (Å²) in [6.07, 6.45) is -2.13. The zero-order chi connectivity index (χ0) is 20.5. The average molecular weight is 396 g/mol. The first-order valence-corrected chi connectivity index (χ1v) is 8.05. The Morgan fingerprint density at radius 2 is 1.89 bits per heavy atom. The van der Waals surface area contributed by atoms with E-state index >= 15 is 0 Å². The highest BCUT2D eigenvalue weighted by atomic mass is 19.4. The number of nitrogens with zero attached hydrogens (tertiary/aromatic N) is 4. The standard InChI is InChI=1S/C17H15F3N4O4/c1-10-3-2-4-13(17(18,19)20)12(10)8-28-11-5-21-15(22-6-11)23-7-14(26)24(9-25)16(23)27/h2-6,25H,7-9H2,1H3. The van der Waals surface area contributed by atoms with Crippen molar-refractivity contribution in [3.05, 3.63) is 47.3 Å². The summed E-state index contributed by atoms with van der Waals surface area (Å²) in [6, 6.07) is 3.09. The number of amides is 3. The number of rotatable bonds is 5. The predicted molar refractivity (Wildman–Crippen MR) is 89.2 cm³/mol. The van der Waals surface area contributed by atoms with E-state index in [4.69, 9.17) is 9.84 Å². The van der Waals surface area contributed by atoms with E-state index < -0.39 is 30.4 Å². The van der Waals surface area contributed by atoms with Crippen molar-refractivity contribution in [3.8, 4) is 5.75 Å². The van der Waals surface area contributed by atoms with Crippen molar-refractivity contribution in [2.75, 3.05) is 18.2 Å². The Morgan fingerprint density at radius 3 is 2.46 bits per heavy atom. The van der Waals surface area contributed by atoms with Gasteiger partial charge in [-0.2, -0.15) is 13.2 Å². The van der Waals surface area contributed by atoms with Crippen molar-refractivity contribution in [1.82, 2.24) is 14.9 Å². The highest BCUT2D eigenvalue weighted by Crippen LogP contribution is 2.33. The molecule has 148 valence electrons. The van der Waals surface area contributed by atoms with Crippen LogP contribution in [0.15, 0.2) is 30.6 Å². The molecule has 1 saturated heterocycles. The van der Waals surface area contributed by atoms with Crippen LogP contribution in [0.25, 0.3) is 0 Å². The lowest BCUT2D eigenvalue weighted by molar-refractivity contribution is -0.138. The fourth-order valence-corrected chi connectivity index (χ4v) is 2.67. The van der Waals surface area contributed by atoms with E-state index in [1.165, 1.54) is 18.5 Å². The number of carbonyl (C=O) groups excluding carboxylic acids is 2. The molecule has 3 rings (SSSR count). The number of aryl methyl sites for hydroxylation is 1. The van der Waals surface area contributed by atoms with Gasteiger partial charge in [0.05, 0.1) is 18.0 Å². The van der Waals surface area contributed by atoms with Gasteiger partial charge in [0.25, 0.3) is 5.91 Å². The second-order valence-electron chi connectivity index (χ2n) is 5.94. The van der Waals surface area contributed by atoms with Crippen LogP contribution in [0.5, 0.6) is 5.75 Å². The number of urea groups is 1. The second kappa shape index (κ2) is 7.43. The number of aromatic nitrogens is 2. The number of benzene rings is 1. The molecule has 1 aromatic heterocycles. The molecule has 0 atom stereocenters. The van der Waals surface area contributed by atoms with Crippen molar-refractivity contribution in [3.63, 3.8) is 0 Å². The normalized spacial score (nSPS) is 14.8. The highest BCUT2D eigenvalue weighted by Gasteiger charge is 2.38. The monoisotopic (exact) mass is 396 g/mol. The maximum absolute atomic E-state index is 13.1. The first-order chi connectivity index (χ1) is 13.2. The van der Waals surface area contributed by atoms with E-state index in [9.17, 15) is 22.8 Å². The Hall–Kier alpha value is -3.21. The molecule has 0 aliphatic carbocycles. The van der Waals surface area contributed by atoms with Crippen LogP contribution in [0.2, 0.25) is 0 Å². The molecule has 1 aromatic carbocycles. The molecule has 0 bridgehead atoms. The van der Waals surface area contributed by atoms with Gasteiger partial charge >= 0.3 is 12.2 Å². The van der Waals surface area contributed by atoms with E-state index in [1.807, 2.05) is 0 Å². The third-order valence-electron chi connectivity index (χ3n) is 4.15. The zero-order valence-electron chi connectivity index (χ0n) is 14.6. The summed E-state index contributed by atoms with van der Waals surface area (Å²) in [4.78, 5) is 33.0. The number of aliphatic hydroxyl groups is 1. The first kappa shape index (κ1) is 19.5. The molecule has 1 aliphatic heterocycles. The van der Waals surface area contributed by atoms with Gasteiger partial charge in [-0.05, 0) is 18.6 Å². The van der Waals surface area contributed by atoms with Gasteiger partial charge in [0, 0.05) is 5.56 Å². The molecule has 0 unspecified atom stereocenters. The number of hydrogen-bond donors (Lipinski definition) is 1. The molecule has 11 heteroatoms. The first-order valence-electron chi connectivity index (χ1n) is 8.05. The number of imide groups is 1. The molecule has 0 radical (unpaired) electrons. The number of hydrogen-bond acceptors (Lipinski definition) is 6. The van der Waals surface area contributed by atoms with Crippen LogP contribution in [-0.2, 0) is 17.6 Å². The van der Waals surface area contributed by atoms with Crippen LogP contribution in [0.4, 0.5) is 23.9 Å². The predicted octanol–water partition coefficient (Wildman–Crippen LogP) is 2.10. The summed E-state index contributed by atoms with van der Waals surface area (Å²) < 4.78 is 44.8. The molecule has 0 saturated carbocycles. The van der Waals surface area contributed by atoms with Crippen molar-refractivity contribution < 1.29 is 32.6 Å². The molecule has 1 aliphatic rings. The van der Waals surface area contributed by atoms with Gasteiger partial charge in [-0.15, -0.1) is 0 Å². The smallest absolute Gasteiger partial charge is 0.416 e. The van der Waals surface area contributed by atoms with E-state index in [-0.39, 0.29) is 30.4 Å². The van der Waals surface area contributed by atoms with Crippen molar-refractivity contribution in [2.24, 2.45) is 0 Å². The van der Waals surface area contributed by atoms with Crippen LogP contribution in [0.1, 0.15) is 16.7 Å². The fourth-order valence-electron chi connectivity index (χ4n) is 2.67. The average Bonchev–Trinajstić information content (AvgIpc) is 2.93. The maximum atomic E-state index is 13.1. The largest absolute Gasteiger partial charge is 0.486 e. The van der Waals surface area contributed by atoms with Gasteiger partial charge in [-0.3, -0.25) is 9.69 Å². The Labute approximate surface area is 157 Å². The Bertz CT molecular complexity index is 902. The van der Waals surface area contributed by atoms with Gasteiger partial charge in [0.2, 0.25) is 5.95 Å². The third-order valence-corrected chi connectivity index (χ3v) is 4.15. The van der Waals surface area contributed by atoms with E-state index in [1.54, 1.807) is 13.0 Å². The van der Waals surface area contributed by atoms with Gasteiger partial charge in [0.15, 0.2) is 5.75 Å². The molecule has 28 heavy (non-hydrogen) atoms. The summed E-state index contributed by atoms with van der Waals surface area (Å²) in [5.74, 6) is -0.596. The maximum Gasteiger partial charge on any atom is 0.416 e. The van der Waals surface area contributed by atoms with Gasteiger partial charge in [-0.25, -0.2) is 19.7 Å². The lowest BCUT2D eigenvalue weighted by Gasteiger charge is -2.16. The minimum absolute atomic E-state index is 0.00187. The molecule has 0 spiro atoms. The zero-order valence-corrected chi connectivity index (χ0v) is 14.6. The van der Waals surface area contributed by atoms with E-state index in [0.29, 0.717) is 10.5 Å². The van der Waals surface area contributed by atoms with Crippen molar-refractivity contribution in [2.45, 2.75) is 19.7 Å². The Kier molecular flexibility index (Phi) is 5.18. The molecule has 8 nitrogen and oxygen atoms in total. The summed E-state index contributed by atoms with van der Waals surface area (Å²) in [5, 5.41) is 9.01. The number of halogens is 3. The number of anilines is 1. The number of alkyl halides is 3. The SMILES string of the molecule is Cc1cccc(C(F)(F)F)c1COc1cnc(N2CC(=O)N(CO)C2=O)nc1. The molecular formula is C17H15F3N4O4. The van der Waals surface area contributed by atoms with Crippen LogP contribution < -0.4 is 9.64 Å². The molecule has 2 aromatic rings. The lowest BCUT2D eigenvalue weighted by Crippen LogP contribution is -2.34. The molecular weight excluding hydrogens is 381 g/mol. The highest BCUT2D eigenvalue weighted by molar-refractivity contribution is 6.11. The third kappa shape index (κ3) is 3.74. The van der Waals surface area contributed by atoms with E-state index in [0.717, 1.165) is 11.0 Å². The minimum atomic E-state index is -4.51. The summed E-state index contributed by atoms with van der Waals surface area (Å²) in [6.45, 7) is 0.130. The molecule has 2 heterocycles. The second-order valence-corrected chi connectivity index (χ2v) is 5.94. The molecule has 3 amide bonds. The van der Waals surface area contributed by atoms with Crippen molar-refractivity contribution >= 4 is 17.9 Å². The Balaban J connectivity index is 1.73. The number of ether oxygens (including phenoxy) is 1.